The first-order chi connectivity index (χ1) is 10.9. The third-order valence-electron chi connectivity index (χ3n) is 4.66. The molecule has 1 aliphatic rings. The molecule has 0 spiro atoms. The monoisotopic (exact) mass is 337 g/mol. The van der Waals surface area contributed by atoms with Crippen molar-refractivity contribution in [1.82, 2.24) is 4.90 Å². The number of likely N-dealkylation sites (tertiary alicyclic amines) is 1. The Morgan fingerprint density at radius 2 is 1.96 bits per heavy atom. The van der Waals surface area contributed by atoms with Crippen LogP contribution in [0.3, 0.4) is 0 Å². The summed E-state index contributed by atoms with van der Waals surface area (Å²) in [7, 11) is 0. The summed E-state index contributed by atoms with van der Waals surface area (Å²) < 4.78 is 0. The number of halogens is 1. The molecule has 0 aliphatic carbocycles. The number of carboxylic acid groups (broad SMARTS) is 1. The van der Waals surface area contributed by atoms with Crippen LogP contribution in [0.4, 0.5) is 0 Å². The predicted molar refractivity (Wildman–Crippen MR) is 90.6 cm³/mol. The van der Waals surface area contributed by atoms with Crippen LogP contribution in [0.25, 0.3) is 0 Å². The van der Waals surface area contributed by atoms with Crippen LogP contribution in [0.1, 0.15) is 44.6 Å². The first-order valence-corrected chi connectivity index (χ1v) is 8.58. The van der Waals surface area contributed by atoms with Gasteiger partial charge in [0, 0.05) is 29.9 Å². The summed E-state index contributed by atoms with van der Waals surface area (Å²) in [6.07, 6.45) is 2.93. The van der Waals surface area contributed by atoms with E-state index < -0.39 is 11.9 Å². The zero-order valence-corrected chi connectivity index (χ0v) is 14.4. The van der Waals surface area contributed by atoms with E-state index in [1.165, 1.54) is 0 Å². The first-order valence-electron chi connectivity index (χ1n) is 8.21. The lowest BCUT2D eigenvalue weighted by Crippen LogP contribution is -2.34. The zero-order chi connectivity index (χ0) is 17.0. The Morgan fingerprint density at radius 1 is 1.30 bits per heavy atom. The summed E-state index contributed by atoms with van der Waals surface area (Å²) >= 11 is 5.91. The highest BCUT2D eigenvalue weighted by molar-refractivity contribution is 6.30. The molecule has 1 aromatic rings. The second kappa shape index (κ2) is 7.82. The van der Waals surface area contributed by atoms with Crippen molar-refractivity contribution in [2.24, 2.45) is 11.8 Å². The van der Waals surface area contributed by atoms with E-state index in [4.69, 9.17) is 11.6 Å². The van der Waals surface area contributed by atoms with E-state index in [9.17, 15) is 14.7 Å². The average Bonchev–Trinajstić information content (AvgIpc) is 2.98. The van der Waals surface area contributed by atoms with Crippen LogP contribution in [0, 0.1) is 11.8 Å². The number of carbonyl (C=O) groups excluding carboxylic acids is 1. The molecule has 1 aliphatic heterocycles. The van der Waals surface area contributed by atoms with E-state index in [-0.39, 0.29) is 24.3 Å². The molecule has 0 aromatic heterocycles. The van der Waals surface area contributed by atoms with Crippen molar-refractivity contribution < 1.29 is 14.7 Å². The number of benzene rings is 1. The number of hydrogen-bond acceptors (Lipinski definition) is 2. The molecule has 2 rings (SSSR count). The lowest BCUT2D eigenvalue weighted by Gasteiger charge is -2.21. The van der Waals surface area contributed by atoms with Gasteiger partial charge in [0.2, 0.25) is 5.91 Å². The molecular formula is C18H24ClNO3. The van der Waals surface area contributed by atoms with Crippen LogP contribution in [-0.2, 0) is 9.59 Å². The Hall–Kier alpha value is -1.55. The molecule has 3 atom stereocenters. The van der Waals surface area contributed by atoms with Crippen LogP contribution in [0.15, 0.2) is 24.3 Å². The highest BCUT2D eigenvalue weighted by atomic mass is 35.5. The molecule has 1 aromatic carbocycles. The van der Waals surface area contributed by atoms with E-state index in [1.54, 1.807) is 17.0 Å². The summed E-state index contributed by atoms with van der Waals surface area (Å²) in [5, 5.41) is 10.1. The Bertz CT molecular complexity index is 558. The summed E-state index contributed by atoms with van der Waals surface area (Å²) in [4.78, 5) is 25.9. The number of amides is 1. The summed E-state index contributed by atoms with van der Waals surface area (Å²) in [5.74, 6) is -1.55. The van der Waals surface area contributed by atoms with Crippen LogP contribution in [0.5, 0.6) is 0 Å². The highest BCUT2D eigenvalue weighted by Crippen LogP contribution is 2.34. The molecule has 1 amide bonds. The van der Waals surface area contributed by atoms with Crippen LogP contribution < -0.4 is 0 Å². The van der Waals surface area contributed by atoms with Crippen LogP contribution >= 0.6 is 11.6 Å². The van der Waals surface area contributed by atoms with Gasteiger partial charge in [-0.1, -0.05) is 50.4 Å². The van der Waals surface area contributed by atoms with Crippen molar-refractivity contribution >= 4 is 23.5 Å². The summed E-state index contributed by atoms with van der Waals surface area (Å²) in [6.45, 7) is 4.79. The quantitative estimate of drug-likeness (QED) is 0.859. The van der Waals surface area contributed by atoms with Gasteiger partial charge in [-0.25, -0.2) is 0 Å². The third-order valence-corrected chi connectivity index (χ3v) is 4.91. The second-order valence-electron chi connectivity index (χ2n) is 6.39. The average molecular weight is 338 g/mol. The molecular weight excluding hydrogens is 314 g/mol. The summed E-state index contributed by atoms with van der Waals surface area (Å²) in [5.41, 5.74) is 0.929. The first kappa shape index (κ1) is 17.8. The van der Waals surface area contributed by atoms with Crippen molar-refractivity contribution in [3.63, 3.8) is 0 Å². The largest absolute Gasteiger partial charge is 0.481 e. The maximum Gasteiger partial charge on any atom is 0.308 e. The maximum atomic E-state index is 12.6. The number of hydrogen-bond donors (Lipinski definition) is 1. The molecule has 1 unspecified atom stereocenters. The Labute approximate surface area is 142 Å². The maximum absolute atomic E-state index is 12.6. The molecule has 1 fully saturated rings. The number of aliphatic carboxylic acids is 1. The predicted octanol–water partition coefficient (Wildman–Crippen LogP) is 3.79. The lowest BCUT2D eigenvalue weighted by molar-refractivity contribution is -0.142. The second-order valence-corrected chi connectivity index (χ2v) is 6.83. The molecule has 1 saturated heterocycles. The van der Waals surface area contributed by atoms with Crippen molar-refractivity contribution in [2.45, 2.75) is 39.0 Å². The third kappa shape index (κ3) is 4.25. The fraction of sp³-hybridized carbons (Fsp3) is 0.556. The van der Waals surface area contributed by atoms with Crippen molar-refractivity contribution in [1.29, 1.82) is 0 Å². The standard InChI is InChI=1S/C18H24ClNO3/c1-3-4-5-12(2)17(21)20-10-15(16(11-20)18(22)23)13-6-8-14(19)9-7-13/h6-9,12,15-16H,3-5,10-11H2,1-2H3,(H,22,23)/t12?,15-,16+/m0/s1. The molecule has 0 radical (unpaired) electrons. The van der Waals surface area contributed by atoms with Crippen LogP contribution in [-0.4, -0.2) is 35.0 Å². The molecule has 4 nitrogen and oxygen atoms in total. The minimum atomic E-state index is -0.846. The Morgan fingerprint density at radius 3 is 2.52 bits per heavy atom. The highest BCUT2D eigenvalue weighted by Gasteiger charge is 2.41. The van der Waals surface area contributed by atoms with Gasteiger partial charge in [-0.2, -0.15) is 0 Å². The number of nitrogens with zero attached hydrogens (tertiary/aromatic N) is 1. The van der Waals surface area contributed by atoms with Crippen molar-refractivity contribution in [3.8, 4) is 0 Å². The van der Waals surface area contributed by atoms with E-state index >= 15 is 0 Å². The number of carboxylic acids is 1. The number of rotatable bonds is 6. The van der Waals surface area contributed by atoms with E-state index in [0.29, 0.717) is 11.6 Å². The van der Waals surface area contributed by atoms with Gasteiger partial charge < -0.3 is 10.0 Å². The molecule has 1 N–H and O–H groups in total. The zero-order valence-electron chi connectivity index (χ0n) is 13.7. The molecule has 126 valence electrons. The molecule has 23 heavy (non-hydrogen) atoms. The van der Waals surface area contributed by atoms with Gasteiger partial charge in [-0.15, -0.1) is 0 Å². The van der Waals surface area contributed by atoms with Crippen LogP contribution in [0.2, 0.25) is 5.02 Å². The molecule has 1 heterocycles. The Kier molecular flexibility index (Phi) is 6.05. The fourth-order valence-electron chi connectivity index (χ4n) is 3.23. The molecule has 0 saturated carbocycles. The minimum absolute atomic E-state index is 0.0478. The van der Waals surface area contributed by atoms with E-state index in [2.05, 4.69) is 6.92 Å². The summed E-state index contributed by atoms with van der Waals surface area (Å²) in [6, 6.07) is 7.25. The normalized spacial score (nSPS) is 22.1. The van der Waals surface area contributed by atoms with Crippen molar-refractivity contribution in [2.75, 3.05) is 13.1 Å². The van der Waals surface area contributed by atoms with Gasteiger partial charge in [0.1, 0.15) is 0 Å². The van der Waals surface area contributed by atoms with E-state index in [0.717, 1.165) is 24.8 Å². The van der Waals surface area contributed by atoms with Crippen molar-refractivity contribution in [3.05, 3.63) is 34.9 Å². The fourth-order valence-corrected chi connectivity index (χ4v) is 3.35. The lowest BCUT2D eigenvalue weighted by atomic mass is 9.89. The van der Waals surface area contributed by atoms with Gasteiger partial charge >= 0.3 is 5.97 Å². The van der Waals surface area contributed by atoms with Gasteiger partial charge in [0.15, 0.2) is 0 Å². The molecule has 5 heteroatoms. The topological polar surface area (TPSA) is 57.6 Å². The SMILES string of the molecule is CCCCC(C)C(=O)N1C[C@@H](C(=O)O)[C@H](c2ccc(Cl)cc2)C1. The Balaban J connectivity index is 2.13. The van der Waals surface area contributed by atoms with Gasteiger partial charge in [0.05, 0.1) is 5.92 Å². The van der Waals surface area contributed by atoms with E-state index in [1.807, 2.05) is 19.1 Å². The van der Waals surface area contributed by atoms with Gasteiger partial charge in [-0.3, -0.25) is 9.59 Å². The van der Waals surface area contributed by atoms with Gasteiger partial charge in [0.25, 0.3) is 0 Å². The smallest absolute Gasteiger partial charge is 0.308 e. The van der Waals surface area contributed by atoms with Gasteiger partial charge in [-0.05, 0) is 24.1 Å². The number of carbonyl (C=O) groups is 2. The molecule has 0 bridgehead atoms. The number of unbranched alkanes of at least 4 members (excludes halogenated alkanes) is 1. The minimum Gasteiger partial charge on any atom is -0.481 e.